The molecule has 0 aliphatic heterocycles. The smallest absolute Gasteiger partial charge is 0.0133 e. The fourth-order valence-electron chi connectivity index (χ4n) is 2.90. The highest BCUT2D eigenvalue weighted by Crippen LogP contribution is 2.38. The molecule has 2 rings (SSSR count). The van der Waals surface area contributed by atoms with Crippen molar-refractivity contribution in [3.63, 3.8) is 0 Å². The van der Waals surface area contributed by atoms with E-state index in [4.69, 9.17) is 0 Å². The van der Waals surface area contributed by atoms with Crippen molar-refractivity contribution in [1.82, 2.24) is 5.32 Å². The predicted molar refractivity (Wildman–Crippen MR) is 83.6 cm³/mol. The first kappa shape index (κ1) is 14.6. The summed E-state index contributed by atoms with van der Waals surface area (Å²) < 4.78 is 0. The average Bonchev–Trinajstić information content (AvgIpc) is 3.19. The number of hydrogen-bond donors (Lipinski definition) is 1. The normalized spacial score (nSPS) is 19.2. The van der Waals surface area contributed by atoms with E-state index in [9.17, 15) is 0 Å². The molecule has 1 N–H and O–H groups in total. The van der Waals surface area contributed by atoms with Crippen LogP contribution in [0.1, 0.15) is 51.7 Å². The second kappa shape index (κ2) is 5.66. The SMILES string of the molecule is CNC(Cc1ccc(C(C)(C)C)cc1)C(C)C1CC1. The van der Waals surface area contributed by atoms with Crippen molar-refractivity contribution in [1.29, 1.82) is 0 Å². The van der Waals surface area contributed by atoms with Gasteiger partial charge in [-0.3, -0.25) is 0 Å². The summed E-state index contributed by atoms with van der Waals surface area (Å²) in [5, 5.41) is 3.52. The lowest BCUT2D eigenvalue weighted by atomic mass is 9.85. The van der Waals surface area contributed by atoms with Gasteiger partial charge in [0, 0.05) is 6.04 Å². The summed E-state index contributed by atoms with van der Waals surface area (Å²) in [7, 11) is 2.10. The molecular weight excluding hydrogens is 230 g/mol. The van der Waals surface area contributed by atoms with Gasteiger partial charge < -0.3 is 5.32 Å². The Morgan fingerprint density at radius 1 is 1.16 bits per heavy atom. The van der Waals surface area contributed by atoms with E-state index in [1.165, 1.54) is 24.0 Å². The number of hydrogen-bond acceptors (Lipinski definition) is 1. The highest BCUT2D eigenvalue weighted by Gasteiger charge is 2.32. The van der Waals surface area contributed by atoms with Gasteiger partial charge in [0.15, 0.2) is 0 Å². The quantitative estimate of drug-likeness (QED) is 0.837. The average molecular weight is 259 g/mol. The van der Waals surface area contributed by atoms with Crippen LogP contribution in [-0.4, -0.2) is 13.1 Å². The van der Waals surface area contributed by atoms with Crippen molar-refractivity contribution >= 4 is 0 Å². The summed E-state index contributed by atoms with van der Waals surface area (Å²) in [6.07, 6.45) is 4.02. The maximum absolute atomic E-state index is 3.52. The molecule has 19 heavy (non-hydrogen) atoms. The van der Waals surface area contributed by atoms with Crippen molar-refractivity contribution in [3.8, 4) is 0 Å². The Morgan fingerprint density at radius 3 is 2.16 bits per heavy atom. The van der Waals surface area contributed by atoms with Gasteiger partial charge in [-0.05, 0) is 54.7 Å². The molecule has 1 aromatic rings. The van der Waals surface area contributed by atoms with Crippen LogP contribution >= 0.6 is 0 Å². The molecule has 0 spiro atoms. The summed E-state index contributed by atoms with van der Waals surface area (Å²) in [6.45, 7) is 9.22. The van der Waals surface area contributed by atoms with Gasteiger partial charge in [0.05, 0.1) is 0 Å². The van der Waals surface area contributed by atoms with E-state index in [-0.39, 0.29) is 5.41 Å². The van der Waals surface area contributed by atoms with Crippen molar-refractivity contribution in [2.45, 2.75) is 58.4 Å². The molecule has 0 bridgehead atoms. The van der Waals surface area contributed by atoms with E-state index in [1.807, 2.05) is 0 Å². The second-order valence-electron chi connectivity index (χ2n) is 7.24. The van der Waals surface area contributed by atoms with Crippen molar-refractivity contribution < 1.29 is 0 Å². The van der Waals surface area contributed by atoms with Crippen LogP contribution in [0.25, 0.3) is 0 Å². The number of benzene rings is 1. The van der Waals surface area contributed by atoms with Gasteiger partial charge in [0.2, 0.25) is 0 Å². The summed E-state index contributed by atoms with van der Waals surface area (Å²) >= 11 is 0. The van der Waals surface area contributed by atoms with E-state index in [0.717, 1.165) is 18.3 Å². The van der Waals surface area contributed by atoms with Gasteiger partial charge in [-0.15, -0.1) is 0 Å². The van der Waals surface area contributed by atoms with Crippen LogP contribution < -0.4 is 5.32 Å². The maximum Gasteiger partial charge on any atom is 0.0133 e. The van der Waals surface area contributed by atoms with Crippen molar-refractivity contribution in [2.24, 2.45) is 11.8 Å². The predicted octanol–water partition coefficient (Wildman–Crippen LogP) is 4.16. The first-order valence-corrected chi connectivity index (χ1v) is 7.68. The molecule has 2 unspecified atom stereocenters. The zero-order chi connectivity index (χ0) is 14.0. The van der Waals surface area contributed by atoms with Crippen LogP contribution in [0.3, 0.4) is 0 Å². The molecule has 0 aromatic heterocycles. The third-order valence-corrected chi connectivity index (χ3v) is 4.65. The maximum atomic E-state index is 3.52. The Hall–Kier alpha value is -0.820. The van der Waals surface area contributed by atoms with Crippen LogP contribution in [0.2, 0.25) is 0 Å². The highest BCUT2D eigenvalue weighted by atomic mass is 14.9. The molecule has 1 saturated carbocycles. The molecule has 2 atom stereocenters. The monoisotopic (exact) mass is 259 g/mol. The van der Waals surface area contributed by atoms with Gasteiger partial charge in [-0.2, -0.15) is 0 Å². The molecular formula is C18H29N. The molecule has 0 heterocycles. The summed E-state index contributed by atoms with van der Waals surface area (Å²) in [4.78, 5) is 0. The summed E-state index contributed by atoms with van der Waals surface area (Å²) in [6, 6.07) is 9.83. The summed E-state index contributed by atoms with van der Waals surface area (Å²) in [5.41, 5.74) is 3.13. The standard InChI is InChI=1S/C18H29N/c1-13(15-8-9-15)17(19-5)12-14-6-10-16(11-7-14)18(2,3)4/h6-7,10-11,13,15,17,19H,8-9,12H2,1-5H3. The largest absolute Gasteiger partial charge is 0.316 e. The van der Waals surface area contributed by atoms with Gasteiger partial charge >= 0.3 is 0 Å². The van der Waals surface area contributed by atoms with Gasteiger partial charge in [0.25, 0.3) is 0 Å². The number of rotatable bonds is 5. The van der Waals surface area contributed by atoms with Crippen LogP contribution in [0.15, 0.2) is 24.3 Å². The third kappa shape index (κ3) is 3.82. The molecule has 0 amide bonds. The lowest BCUT2D eigenvalue weighted by Crippen LogP contribution is -2.35. The second-order valence-corrected chi connectivity index (χ2v) is 7.24. The lowest BCUT2D eigenvalue weighted by molar-refractivity contribution is 0.357. The molecule has 0 saturated heterocycles. The first-order chi connectivity index (χ1) is 8.91. The van der Waals surface area contributed by atoms with Crippen LogP contribution in [0.5, 0.6) is 0 Å². The minimum atomic E-state index is 0.252. The third-order valence-electron chi connectivity index (χ3n) is 4.65. The number of likely N-dealkylation sites (N-methyl/N-ethyl adjacent to an activating group) is 1. The zero-order valence-electron chi connectivity index (χ0n) is 13.2. The molecule has 0 radical (unpaired) electrons. The van der Waals surface area contributed by atoms with E-state index < -0.39 is 0 Å². The highest BCUT2D eigenvalue weighted by molar-refractivity contribution is 5.28. The van der Waals surface area contributed by atoms with E-state index in [1.54, 1.807) is 0 Å². The Morgan fingerprint density at radius 2 is 1.74 bits per heavy atom. The van der Waals surface area contributed by atoms with Gasteiger partial charge in [0.1, 0.15) is 0 Å². The molecule has 106 valence electrons. The van der Waals surface area contributed by atoms with E-state index in [2.05, 4.69) is 64.3 Å². The molecule has 1 fully saturated rings. The van der Waals surface area contributed by atoms with Gasteiger partial charge in [-0.25, -0.2) is 0 Å². The van der Waals surface area contributed by atoms with E-state index in [0.29, 0.717) is 6.04 Å². The molecule has 1 nitrogen and oxygen atoms in total. The van der Waals surface area contributed by atoms with Gasteiger partial charge in [-0.1, -0.05) is 52.0 Å². The fourth-order valence-corrected chi connectivity index (χ4v) is 2.90. The minimum Gasteiger partial charge on any atom is -0.316 e. The fraction of sp³-hybridized carbons (Fsp3) is 0.667. The topological polar surface area (TPSA) is 12.0 Å². The molecule has 1 aliphatic rings. The number of nitrogens with one attached hydrogen (secondary N) is 1. The summed E-state index contributed by atoms with van der Waals surface area (Å²) in [5.74, 6) is 1.76. The molecule has 1 aromatic carbocycles. The Balaban J connectivity index is 2.01. The van der Waals surface area contributed by atoms with Crippen LogP contribution in [0.4, 0.5) is 0 Å². The minimum absolute atomic E-state index is 0.252. The first-order valence-electron chi connectivity index (χ1n) is 7.68. The Bertz CT molecular complexity index is 395. The van der Waals surface area contributed by atoms with Crippen molar-refractivity contribution in [3.05, 3.63) is 35.4 Å². The molecule has 1 heteroatoms. The zero-order valence-corrected chi connectivity index (χ0v) is 13.2. The van der Waals surface area contributed by atoms with Crippen molar-refractivity contribution in [2.75, 3.05) is 7.05 Å². The van der Waals surface area contributed by atoms with Crippen LogP contribution in [-0.2, 0) is 11.8 Å². The Kier molecular flexibility index (Phi) is 4.35. The molecule has 1 aliphatic carbocycles. The Labute approximate surface area is 118 Å². The lowest BCUT2D eigenvalue weighted by Gasteiger charge is -2.24. The van der Waals surface area contributed by atoms with E-state index >= 15 is 0 Å². The van der Waals surface area contributed by atoms with Crippen LogP contribution in [0, 0.1) is 11.8 Å².